The first-order valence-corrected chi connectivity index (χ1v) is 15.0. The van der Waals surface area contributed by atoms with Crippen molar-refractivity contribution in [3.05, 3.63) is 88.7 Å². The zero-order valence-corrected chi connectivity index (χ0v) is 30.5. The van der Waals surface area contributed by atoms with Crippen LogP contribution in [0.25, 0.3) is 11.1 Å². The number of hydrogen-bond donors (Lipinski definition) is 0. The van der Waals surface area contributed by atoms with Crippen LogP contribution in [0.3, 0.4) is 0 Å². The average molecular weight is 770 g/mol. The van der Waals surface area contributed by atoms with Gasteiger partial charge in [0.25, 0.3) is 0 Å². The number of carbonyl (C=O) groups is 1. The van der Waals surface area contributed by atoms with Crippen LogP contribution < -0.4 is 58.5 Å². The van der Waals surface area contributed by atoms with Gasteiger partial charge in [-0.15, -0.1) is 0 Å². The van der Waals surface area contributed by atoms with E-state index >= 15 is 0 Å². The Morgan fingerprint density at radius 1 is 0.698 bits per heavy atom. The van der Waals surface area contributed by atoms with E-state index < -0.39 is 59.8 Å². The van der Waals surface area contributed by atoms with E-state index in [-0.39, 0.29) is 101 Å². The number of carbonyl (C=O) groups excluding carboxylic acids is 1. The Labute approximate surface area is 318 Å². The first kappa shape index (κ1) is 43.0. The first-order chi connectivity index (χ1) is 24.3. The van der Waals surface area contributed by atoms with E-state index in [9.17, 15) is 49.4 Å². The topological polar surface area (TPSA) is 106 Å². The van der Waals surface area contributed by atoms with Crippen molar-refractivity contribution in [1.29, 1.82) is 0 Å². The standard InChI is InChI=1S/C34H30F9N3O6.Na/c1-49-27-7-6-21(32(35,36)37)13-26(27)25-14-29(51-3)28(50-2)11-20(25)18-46(31-44-15-24(16-45-31)52-8-4-5-30(47)48)17-19-9-22(33(38,39)40)12-23(10-19)34(41,42)43;/h6-7,9-16H,4-5,8,17-18H2,1-3H3,(H,47,48);/q;+1/p-1. The van der Waals surface area contributed by atoms with Gasteiger partial charge in [0, 0.05) is 24.6 Å². The number of benzene rings is 3. The molecule has 0 N–H and O–H groups in total. The van der Waals surface area contributed by atoms with Crippen LogP contribution in [0.5, 0.6) is 23.0 Å². The summed E-state index contributed by atoms with van der Waals surface area (Å²) in [6.45, 7) is -1.15. The minimum Gasteiger partial charge on any atom is -0.550 e. The maximum atomic E-state index is 13.8. The fraction of sp³-hybridized carbons (Fsp3) is 0.324. The third-order valence-electron chi connectivity index (χ3n) is 7.50. The Balaban J connectivity index is 0.00000756. The van der Waals surface area contributed by atoms with Crippen LogP contribution >= 0.6 is 0 Å². The van der Waals surface area contributed by atoms with Crippen molar-refractivity contribution in [2.75, 3.05) is 32.8 Å². The molecule has 0 fully saturated rings. The molecule has 53 heavy (non-hydrogen) atoms. The van der Waals surface area contributed by atoms with E-state index in [1.807, 2.05) is 0 Å². The monoisotopic (exact) mass is 769 g/mol. The SMILES string of the molecule is COc1cc(CN(Cc2cc(C(F)(F)F)cc(C(F)(F)F)c2)c2ncc(OCCCC(=O)[O-])cn2)c(-c2cc(C(F)(F)F)ccc2OC)cc1OC.[Na+]. The van der Waals surface area contributed by atoms with Gasteiger partial charge in [0.2, 0.25) is 5.95 Å². The number of rotatable bonds is 14. The molecule has 0 aliphatic rings. The van der Waals surface area contributed by atoms with E-state index in [1.165, 1.54) is 38.4 Å². The molecule has 1 heterocycles. The maximum Gasteiger partial charge on any atom is 1.00 e. The second-order valence-electron chi connectivity index (χ2n) is 11.1. The molecule has 0 atom stereocenters. The molecule has 1 aromatic heterocycles. The summed E-state index contributed by atoms with van der Waals surface area (Å²) in [6.07, 6.45) is -13.0. The average Bonchev–Trinajstić information content (AvgIpc) is 3.08. The quantitative estimate of drug-likeness (QED) is 0.105. The molecule has 0 radical (unpaired) electrons. The number of nitrogens with zero attached hydrogens (tertiary/aromatic N) is 3. The summed E-state index contributed by atoms with van der Waals surface area (Å²) < 4.78 is 146. The zero-order chi connectivity index (χ0) is 38.4. The molecular weight excluding hydrogens is 740 g/mol. The molecular formula is C34H29F9N3NaO6. The summed E-state index contributed by atoms with van der Waals surface area (Å²) >= 11 is 0. The Morgan fingerprint density at radius 3 is 1.75 bits per heavy atom. The van der Waals surface area contributed by atoms with Gasteiger partial charge in [-0.2, -0.15) is 39.5 Å². The van der Waals surface area contributed by atoms with Gasteiger partial charge in [-0.05, 0) is 78.1 Å². The summed E-state index contributed by atoms with van der Waals surface area (Å²) in [6, 6.07) is 6.47. The molecule has 0 spiro atoms. The van der Waals surface area contributed by atoms with E-state index in [0.717, 1.165) is 30.6 Å². The smallest absolute Gasteiger partial charge is 0.550 e. The molecule has 9 nitrogen and oxygen atoms in total. The number of carboxylic acids is 1. The van der Waals surface area contributed by atoms with Gasteiger partial charge in [-0.1, -0.05) is 0 Å². The third-order valence-corrected chi connectivity index (χ3v) is 7.50. The predicted octanol–water partition coefficient (Wildman–Crippen LogP) is 4.35. The fourth-order valence-corrected chi connectivity index (χ4v) is 5.09. The molecule has 0 aliphatic heterocycles. The van der Waals surface area contributed by atoms with Crippen molar-refractivity contribution in [2.45, 2.75) is 44.5 Å². The Kier molecular flexibility index (Phi) is 14.3. The molecule has 0 aliphatic carbocycles. The van der Waals surface area contributed by atoms with Crippen molar-refractivity contribution < 1.29 is 97.9 Å². The Bertz CT molecular complexity index is 1840. The van der Waals surface area contributed by atoms with Gasteiger partial charge in [-0.25, -0.2) is 9.97 Å². The number of halogens is 9. The fourth-order valence-electron chi connectivity index (χ4n) is 5.09. The van der Waals surface area contributed by atoms with Gasteiger partial charge in [0.05, 0.1) is 57.0 Å². The Hall–Kier alpha value is -4.42. The number of alkyl halides is 9. The molecule has 4 aromatic rings. The third kappa shape index (κ3) is 11.3. The van der Waals surface area contributed by atoms with Crippen LogP contribution in [-0.4, -0.2) is 43.9 Å². The number of anilines is 1. The van der Waals surface area contributed by atoms with Gasteiger partial charge in [-0.3, -0.25) is 0 Å². The zero-order valence-electron chi connectivity index (χ0n) is 28.5. The number of ether oxygens (including phenoxy) is 4. The molecule has 0 saturated carbocycles. The summed E-state index contributed by atoms with van der Waals surface area (Å²) in [5.74, 6) is -1.31. The largest absolute Gasteiger partial charge is 1.00 e. The van der Waals surface area contributed by atoms with Crippen molar-refractivity contribution in [3.63, 3.8) is 0 Å². The van der Waals surface area contributed by atoms with E-state index in [0.29, 0.717) is 12.1 Å². The van der Waals surface area contributed by atoms with Crippen molar-refractivity contribution in [2.24, 2.45) is 0 Å². The van der Waals surface area contributed by atoms with Gasteiger partial charge < -0.3 is 33.7 Å². The molecule has 19 heteroatoms. The van der Waals surface area contributed by atoms with Crippen molar-refractivity contribution in [3.8, 4) is 34.1 Å². The van der Waals surface area contributed by atoms with Gasteiger partial charge >= 0.3 is 48.1 Å². The van der Waals surface area contributed by atoms with Crippen LogP contribution in [0.2, 0.25) is 0 Å². The first-order valence-electron chi connectivity index (χ1n) is 15.0. The van der Waals surface area contributed by atoms with Crippen LogP contribution in [-0.2, 0) is 36.4 Å². The normalized spacial score (nSPS) is 11.8. The van der Waals surface area contributed by atoms with Crippen molar-refractivity contribution >= 4 is 11.9 Å². The number of aliphatic carboxylic acids is 1. The summed E-state index contributed by atoms with van der Waals surface area (Å²) in [5.41, 5.74) is -4.47. The second kappa shape index (κ2) is 17.6. The van der Waals surface area contributed by atoms with Crippen LogP contribution in [0.1, 0.15) is 40.7 Å². The summed E-state index contributed by atoms with van der Waals surface area (Å²) in [4.78, 5) is 20.2. The minimum atomic E-state index is -5.15. The number of methoxy groups -OCH3 is 3. The minimum absolute atomic E-state index is 0. The van der Waals surface area contributed by atoms with E-state index in [2.05, 4.69) is 9.97 Å². The number of carboxylic acid groups (broad SMARTS) is 1. The number of hydrogen-bond acceptors (Lipinski definition) is 9. The predicted molar refractivity (Wildman–Crippen MR) is 165 cm³/mol. The second-order valence-corrected chi connectivity index (χ2v) is 11.1. The van der Waals surface area contributed by atoms with E-state index in [4.69, 9.17) is 18.9 Å². The Morgan fingerprint density at radius 2 is 1.25 bits per heavy atom. The van der Waals surface area contributed by atoms with Crippen LogP contribution in [0, 0.1) is 0 Å². The molecule has 0 amide bonds. The molecule has 0 bridgehead atoms. The molecule has 0 saturated heterocycles. The maximum absolute atomic E-state index is 13.8. The van der Waals surface area contributed by atoms with Crippen molar-refractivity contribution in [1.82, 2.24) is 9.97 Å². The molecule has 4 rings (SSSR count). The number of aromatic nitrogens is 2. The van der Waals surface area contributed by atoms with Crippen LogP contribution in [0.4, 0.5) is 45.5 Å². The van der Waals surface area contributed by atoms with Crippen LogP contribution in [0.15, 0.2) is 60.9 Å². The van der Waals surface area contributed by atoms with Gasteiger partial charge in [0.1, 0.15) is 5.75 Å². The summed E-state index contributed by atoms with van der Waals surface area (Å²) in [5, 5.41) is 10.7. The van der Waals surface area contributed by atoms with Gasteiger partial charge in [0.15, 0.2) is 17.2 Å². The summed E-state index contributed by atoms with van der Waals surface area (Å²) in [7, 11) is 3.78. The molecule has 280 valence electrons. The molecule has 0 unspecified atom stereocenters. The molecule has 3 aromatic carbocycles. The van der Waals surface area contributed by atoms with E-state index in [1.54, 1.807) is 0 Å².